The summed E-state index contributed by atoms with van der Waals surface area (Å²) in [6, 6.07) is 39.9. The maximum atomic E-state index is 13.1. The van der Waals surface area contributed by atoms with Crippen LogP contribution >= 0.6 is 0 Å². The summed E-state index contributed by atoms with van der Waals surface area (Å²) in [4.78, 5) is 14.8. The SMILES string of the molecule is CC(C)(C)OC(=O)N1C[C@@H](C(O)COC(c2ccccc2)(c2ccccc2)c2ccccc2)[C@@H]1c1ccccc1. The van der Waals surface area contributed by atoms with Gasteiger partial charge < -0.3 is 19.5 Å². The maximum absolute atomic E-state index is 13.1. The molecular weight excluding hydrogens is 498 g/mol. The first kappa shape index (κ1) is 27.6. The first-order valence-corrected chi connectivity index (χ1v) is 13.8. The van der Waals surface area contributed by atoms with Crippen molar-refractivity contribution in [3.8, 4) is 0 Å². The molecule has 5 heteroatoms. The van der Waals surface area contributed by atoms with Gasteiger partial charge in [-0.05, 0) is 43.0 Å². The third-order valence-corrected chi connectivity index (χ3v) is 7.42. The van der Waals surface area contributed by atoms with E-state index in [4.69, 9.17) is 9.47 Å². The third-order valence-electron chi connectivity index (χ3n) is 7.42. The second-order valence-corrected chi connectivity index (χ2v) is 11.3. The summed E-state index contributed by atoms with van der Waals surface area (Å²) in [5.41, 5.74) is 2.35. The van der Waals surface area contributed by atoms with Crippen molar-refractivity contribution in [2.75, 3.05) is 13.2 Å². The zero-order valence-electron chi connectivity index (χ0n) is 23.3. The molecule has 0 radical (unpaired) electrons. The monoisotopic (exact) mass is 535 g/mol. The molecule has 1 unspecified atom stereocenters. The molecule has 0 bridgehead atoms. The Labute approximate surface area is 237 Å². The Hall–Kier alpha value is -3.93. The van der Waals surface area contributed by atoms with Crippen LogP contribution in [-0.2, 0) is 15.1 Å². The summed E-state index contributed by atoms with van der Waals surface area (Å²) < 4.78 is 12.6. The summed E-state index contributed by atoms with van der Waals surface area (Å²) in [7, 11) is 0. The number of carbonyl (C=O) groups is 1. The number of rotatable bonds is 8. The Balaban J connectivity index is 1.47. The summed E-state index contributed by atoms with van der Waals surface area (Å²) in [5.74, 6) is -0.213. The van der Waals surface area contributed by atoms with E-state index in [2.05, 4.69) is 36.4 Å². The molecule has 0 aromatic heterocycles. The van der Waals surface area contributed by atoms with E-state index in [1.807, 2.05) is 106 Å². The van der Waals surface area contributed by atoms with E-state index >= 15 is 0 Å². The molecule has 1 fully saturated rings. The van der Waals surface area contributed by atoms with E-state index in [0.717, 1.165) is 22.3 Å². The fourth-order valence-electron chi connectivity index (χ4n) is 5.55. The van der Waals surface area contributed by atoms with Gasteiger partial charge in [0.1, 0.15) is 11.2 Å². The number of aliphatic hydroxyl groups excluding tert-OH is 1. The van der Waals surface area contributed by atoms with E-state index in [-0.39, 0.29) is 24.7 Å². The van der Waals surface area contributed by atoms with E-state index in [1.54, 1.807) is 4.90 Å². The Kier molecular flexibility index (Phi) is 8.06. The molecule has 1 aliphatic heterocycles. The van der Waals surface area contributed by atoms with Gasteiger partial charge >= 0.3 is 6.09 Å². The molecule has 3 atom stereocenters. The molecule has 0 aliphatic carbocycles. The van der Waals surface area contributed by atoms with Crippen LogP contribution in [0.5, 0.6) is 0 Å². The molecule has 5 nitrogen and oxygen atoms in total. The topological polar surface area (TPSA) is 59.0 Å². The molecule has 5 rings (SSSR count). The zero-order chi connectivity index (χ0) is 28.2. The Bertz CT molecular complexity index is 1270. The van der Waals surface area contributed by atoms with Gasteiger partial charge in [0, 0.05) is 12.5 Å². The average molecular weight is 536 g/mol. The number of carbonyl (C=O) groups excluding carboxylic acids is 1. The second kappa shape index (κ2) is 11.7. The number of amides is 1. The lowest BCUT2D eigenvalue weighted by Crippen LogP contribution is -2.58. The molecule has 206 valence electrons. The van der Waals surface area contributed by atoms with Crippen molar-refractivity contribution in [1.82, 2.24) is 4.90 Å². The lowest BCUT2D eigenvalue weighted by molar-refractivity contribution is -0.110. The lowest BCUT2D eigenvalue weighted by atomic mass is 9.78. The summed E-state index contributed by atoms with van der Waals surface area (Å²) >= 11 is 0. The van der Waals surface area contributed by atoms with Crippen molar-refractivity contribution in [2.45, 2.75) is 44.1 Å². The largest absolute Gasteiger partial charge is 0.444 e. The van der Waals surface area contributed by atoms with Crippen molar-refractivity contribution in [3.05, 3.63) is 144 Å². The Morgan fingerprint density at radius 3 is 1.62 bits per heavy atom. The van der Waals surface area contributed by atoms with Crippen LogP contribution in [0.4, 0.5) is 4.79 Å². The zero-order valence-corrected chi connectivity index (χ0v) is 23.3. The van der Waals surface area contributed by atoms with Crippen LogP contribution in [0.15, 0.2) is 121 Å². The van der Waals surface area contributed by atoms with Crippen LogP contribution in [0.25, 0.3) is 0 Å². The second-order valence-electron chi connectivity index (χ2n) is 11.3. The van der Waals surface area contributed by atoms with E-state index in [1.165, 1.54) is 0 Å². The maximum Gasteiger partial charge on any atom is 0.410 e. The number of benzene rings is 4. The Morgan fingerprint density at radius 2 is 1.20 bits per heavy atom. The van der Waals surface area contributed by atoms with Crippen LogP contribution < -0.4 is 0 Å². The van der Waals surface area contributed by atoms with Gasteiger partial charge in [-0.3, -0.25) is 0 Å². The standard InChI is InChI=1S/C35H37NO4/c1-34(2,3)40-33(38)36-24-30(32(36)26-16-8-4-9-17-26)31(37)25-39-35(27-18-10-5-11-19-27,28-20-12-6-13-21-28)29-22-14-7-15-23-29/h4-23,30-32,37H,24-25H2,1-3H3/t30-,31?,32-/m0/s1. The predicted octanol–water partition coefficient (Wildman–Crippen LogP) is 6.96. The van der Waals surface area contributed by atoms with Crippen molar-refractivity contribution in [1.29, 1.82) is 0 Å². The van der Waals surface area contributed by atoms with Crippen molar-refractivity contribution in [3.63, 3.8) is 0 Å². The number of likely N-dealkylation sites (tertiary alicyclic amines) is 1. The molecular formula is C35H37NO4. The molecule has 4 aromatic carbocycles. The van der Waals surface area contributed by atoms with Gasteiger partial charge in [0.2, 0.25) is 0 Å². The fourth-order valence-corrected chi connectivity index (χ4v) is 5.55. The highest BCUT2D eigenvalue weighted by Crippen LogP contribution is 2.44. The third kappa shape index (κ3) is 5.67. The van der Waals surface area contributed by atoms with Crippen LogP contribution in [0, 0.1) is 5.92 Å². The number of hydrogen-bond acceptors (Lipinski definition) is 4. The van der Waals surface area contributed by atoms with Gasteiger partial charge in [0.25, 0.3) is 0 Å². The minimum atomic E-state index is -0.929. The van der Waals surface area contributed by atoms with E-state index in [9.17, 15) is 9.90 Å². The predicted molar refractivity (Wildman–Crippen MR) is 157 cm³/mol. The van der Waals surface area contributed by atoms with E-state index < -0.39 is 17.3 Å². The highest BCUT2D eigenvalue weighted by Gasteiger charge is 2.49. The van der Waals surface area contributed by atoms with Crippen molar-refractivity contribution < 1.29 is 19.4 Å². The molecule has 1 N–H and O–H groups in total. The molecule has 0 saturated carbocycles. The first-order chi connectivity index (χ1) is 19.3. The smallest absolute Gasteiger partial charge is 0.410 e. The summed E-state index contributed by atoms with van der Waals surface area (Å²) in [6.07, 6.45) is -1.20. The summed E-state index contributed by atoms with van der Waals surface area (Å²) in [5, 5.41) is 11.6. The Morgan fingerprint density at radius 1 is 0.775 bits per heavy atom. The highest BCUT2D eigenvalue weighted by atomic mass is 16.6. The first-order valence-electron chi connectivity index (χ1n) is 13.8. The molecule has 1 saturated heterocycles. The van der Waals surface area contributed by atoms with Gasteiger partial charge in [-0.25, -0.2) is 4.79 Å². The van der Waals surface area contributed by atoms with Crippen molar-refractivity contribution >= 4 is 6.09 Å². The number of hydrogen-bond donors (Lipinski definition) is 1. The molecule has 0 spiro atoms. The number of aliphatic hydroxyl groups is 1. The van der Waals surface area contributed by atoms with Crippen LogP contribution in [0.3, 0.4) is 0 Å². The number of ether oxygens (including phenoxy) is 2. The quantitative estimate of drug-likeness (QED) is 0.248. The summed E-state index contributed by atoms with van der Waals surface area (Å²) in [6.45, 7) is 6.04. The minimum Gasteiger partial charge on any atom is -0.444 e. The normalized spacial score (nSPS) is 18.1. The minimum absolute atomic E-state index is 0.0782. The van der Waals surface area contributed by atoms with Gasteiger partial charge in [0.15, 0.2) is 0 Å². The fraction of sp³-hybridized carbons (Fsp3) is 0.286. The van der Waals surface area contributed by atoms with Crippen molar-refractivity contribution in [2.24, 2.45) is 5.92 Å². The van der Waals surface area contributed by atoms with Crippen LogP contribution in [0.2, 0.25) is 0 Å². The van der Waals surface area contributed by atoms with Crippen LogP contribution in [0.1, 0.15) is 49.1 Å². The lowest BCUT2D eigenvalue weighted by Gasteiger charge is -2.50. The van der Waals surface area contributed by atoms with Gasteiger partial charge in [-0.15, -0.1) is 0 Å². The molecule has 1 heterocycles. The van der Waals surface area contributed by atoms with Gasteiger partial charge in [0.05, 0.1) is 18.8 Å². The average Bonchev–Trinajstić information content (AvgIpc) is 2.94. The van der Waals surface area contributed by atoms with Gasteiger partial charge in [-0.2, -0.15) is 0 Å². The van der Waals surface area contributed by atoms with E-state index in [0.29, 0.717) is 6.54 Å². The molecule has 4 aromatic rings. The molecule has 1 aliphatic rings. The molecule has 40 heavy (non-hydrogen) atoms. The molecule has 1 amide bonds. The van der Waals surface area contributed by atoms with Crippen LogP contribution in [-0.4, -0.2) is 41.0 Å². The highest BCUT2D eigenvalue weighted by molar-refractivity contribution is 5.70. The van der Waals surface area contributed by atoms with Gasteiger partial charge in [-0.1, -0.05) is 121 Å². The number of nitrogens with zero attached hydrogens (tertiary/aromatic N) is 1.